The van der Waals surface area contributed by atoms with Crippen molar-refractivity contribution in [3.63, 3.8) is 0 Å². The molecule has 10 nitrogen and oxygen atoms in total. The number of aromatic nitrogens is 5. The summed E-state index contributed by atoms with van der Waals surface area (Å²) >= 11 is 6.10. The molecule has 1 atom stereocenters. The summed E-state index contributed by atoms with van der Waals surface area (Å²) < 4.78 is 0. The first-order valence-corrected chi connectivity index (χ1v) is 10.5. The molecule has 4 aromatic rings. The summed E-state index contributed by atoms with van der Waals surface area (Å²) in [4.78, 5) is 28.6. The van der Waals surface area contributed by atoms with Gasteiger partial charge in [-0.2, -0.15) is 5.21 Å². The number of nitrogens with one attached hydrogen (secondary N) is 5. The molecule has 162 valence electrons. The number of halogens is 1. The van der Waals surface area contributed by atoms with Crippen LogP contribution in [0, 0.1) is 0 Å². The maximum Gasteiger partial charge on any atom is 0.272 e. The van der Waals surface area contributed by atoms with Crippen LogP contribution in [0.25, 0.3) is 22.3 Å². The van der Waals surface area contributed by atoms with E-state index >= 15 is 0 Å². The molecule has 0 spiro atoms. The van der Waals surface area contributed by atoms with Crippen LogP contribution in [0.5, 0.6) is 0 Å². The van der Waals surface area contributed by atoms with Crippen molar-refractivity contribution in [3.05, 3.63) is 53.2 Å². The number of tetrazole rings is 1. The van der Waals surface area contributed by atoms with Crippen LogP contribution in [0.4, 0.5) is 11.4 Å². The van der Waals surface area contributed by atoms with Crippen molar-refractivity contribution in [3.8, 4) is 11.4 Å². The number of hydrogen-bond acceptors (Lipinski definition) is 6. The van der Waals surface area contributed by atoms with Crippen LogP contribution in [0.1, 0.15) is 23.3 Å². The molecule has 2 aromatic carbocycles. The largest absolute Gasteiger partial charge is 0.349 e. The lowest BCUT2D eigenvalue weighted by Gasteiger charge is -2.11. The predicted octanol–water partition coefficient (Wildman–Crippen LogP) is 2.94. The van der Waals surface area contributed by atoms with E-state index in [0.717, 1.165) is 24.8 Å². The van der Waals surface area contributed by atoms with Gasteiger partial charge in [0.15, 0.2) is 0 Å². The Kier molecular flexibility index (Phi) is 5.29. The SMILES string of the molecule is O=C(Nc1ccc(Cl)cc1-c1nn[nH]n1)c1cc2cccc(NC(=O)[C@@H]3CCCN3)c2[nH]1. The second kappa shape index (κ2) is 8.40. The fourth-order valence-corrected chi connectivity index (χ4v) is 3.96. The lowest BCUT2D eigenvalue weighted by molar-refractivity contribution is -0.117. The molecule has 0 aliphatic carbocycles. The Morgan fingerprint density at radius 1 is 1.09 bits per heavy atom. The van der Waals surface area contributed by atoms with E-state index in [1.807, 2.05) is 12.1 Å². The summed E-state index contributed by atoms with van der Waals surface area (Å²) in [7, 11) is 0. The zero-order valence-corrected chi connectivity index (χ0v) is 17.5. The van der Waals surface area contributed by atoms with Gasteiger partial charge in [0.25, 0.3) is 5.91 Å². The van der Waals surface area contributed by atoms with E-state index in [-0.39, 0.29) is 17.9 Å². The second-order valence-corrected chi connectivity index (χ2v) is 7.91. The molecule has 0 radical (unpaired) electrons. The van der Waals surface area contributed by atoms with Crippen LogP contribution in [0.2, 0.25) is 5.02 Å². The minimum Gasteiger partial charge on any atom is -0.349 e. The fraction of sp³-hybridized carbons (Fsp3) is 0.190. The van der Waals surface area contributed by atoms with Crippen molar-refractivity contribution in [1.29, 1.82) is 0 Å². The quantitative estimate of drug-likeness (QED) is 0.316. The molecular formula is C21H19ClN8O2. The molecule has 1 saturated heterocycles. The van der Waals surface area contributed by atoms with Gasteiger partial charge in [-0.15, -0.1) is 10.2 Å². The van der Waals surface area contributed by atoms with Gasteiger partial charge in [0.1, 0.15) is 5.69 Å². The molecule has 5 N–H and O–H groups in total. The highest BCUT2D eigenvalue weighted by Crippen LogP contribution is 2.29. The van der Waals surface area contributed by atoms with Crippen LogP contribution in [-0.4, -0.2) is 50.0 Å². The third-order valence-corrected chi connectivity index (χ3v) is 5.59. The Hall–Kier alpha value is -3.76. The van der Waals surface area contributed by atoms with Gasteiger partial charge in [0, 0.05) is 16.0 Å². The maximum absolute atomic E-state index is 13.0. The van der Waals surface area contributed by atoms with Crippen LogP contribution >= 0.6 is 11.6 Å². The van der Waals surface area contributed by atoms with Gasteiger partial charge in [-0.25, -0.2) is 0 Å². The van der Waals surface area contributed by atoms with Gasteiger partial charge in [0.05, 0.1) is 22.9 Å². The van der Waals surface area contributed by atoms with Crippen molar-refractivity contribution >= 4 is 45.7 Å². The Morgan fingerprint density at radius 3 is 2.78 bits per heavy atom. The molecule has 0 bridgehead atoms. The monoisotopic (exact) mass is 450 g/mol. The van der Waals surface area contributed by atoms with Crippen LogP contribution in [0.15, 0.2) is 42.5 Å². The van der Waals surface area contributed by atoms with E-state index < -0.39 is 0 Å². The minimum atomic E-state index is -0.358. The fourth-order valence-electron chi connectivity index (χ4n) is 3.79. The average molecular weight is 451 g/mol. The van der Waals surface area contributed by atoms with Crippen LogP contribution < -0.4 is 16.0 Å². The van der Waals surface area contributed by atoms with E-state index in [2.05, 4.69) is 41.6 Å². The smallest absolute Gasteiger partial charge is 0.272 e. The highest BCUT2D eigenvalue weighted by molar-refractivity contribution is 6.31. The second-order valence-electron chi connectivity index (χ2n) is 7.47. The van der Waals surface area contributed by atoms with Crippen molar-refractivity contribution in [1.82, 2.24) is 30.9 Å². The standard InChI is InChI=1S/C21H19ClN8O2/c22-12-6-7-14(13(10-12)19-27-29-30-28-19)25-21(32)17-9-11-3-1-4-15(18(11)24-17)26-20(31)16-5-2-8-23-16/h1,3-4,6-7,9-10,16,23-24H,2,5,8H2,(H,25,32)(H,26,31)(H,27,28,29,30)/t16-/m0/s1. The number of carbonyl (C=O) groups excluding carboxylic acids is 2. The lowest BCUT2D eigenvalue weighted by atomic mass is 10.1. The summed E-state index contributed by atoms with van der Waals surface area (Å²) in [6.07, 6.45) is 1.79. The maximum atomic E-state index is 13.0. The van der Waals surface area contributed by atoms with Crippen molar-refractivity contribution in [2.75, 3.05) is 17.2 Å². The van der Waals surface area contributed by atoms with Gasteiger partial charge in [0.2, 0.25) is 11.7 Å². The van der Waals surface area contributed by atoms with Crippen LogP contribution in [-0.2, 0) is 4.79 Å². The minimum absolute atomic E-state index is 0.0819. The summed E-state index contributed by atoms with van der Waals surface area (Å²) in [5.74, 6) is -0.130. The summed E-state index contributed by atoms with van der Waals surface area (Å²) in [5.41, 5.74) is 2.67. The number of para-hydroxylation sites is 1. The number of H-pyrrole nitrogens is 2. The van der Waals surface area contributed by atoms with Crippen molar-refractivity contribution < 1.29 is 9.59 Å². The molecule has 1 aliphatic heterocycles. The predicted molar refractivity (Wildman–Crippen MR) is 121 cm³/mol. The zero-order valence-electron chi connectivity index (χ0n) is 16.8. The molecule has 2 amide bonds. The molecule has 32 heavy (non-hydrogen) atoms. The summed E-state index contributed by atoms with van der Waals surface area (Å²) in [6, 6.07) is 12.0. The van der Waals surface area contributed by atoms with Crippen LogP contribution in [0.3, 0.4) is 0 Å². The van der Waals surface area contributed by atoms with Gasteiger partial charge >= 0.3 is 0 Å². The molecule has 5 rings (SSSR count). The number of amides is 2. The number of nitrogens with zero attached hydrogens (tertiary/aromatic N) is 3. The highest BCUT2D eigenvalue weighted by atomic mass is 35.5. The summed E-state index contributed by atoms with van der Waals surface area (Å²) in [5, 5.41) is 24.2. The topological polar surface area (TPSA) is 140 Å². The molecule has 11 heteroatoms. The van der Waals surface area contributed by atoms with Crippen molar-refractivity contribution in [2.45, 2.75) is 18.9 Å². The molecule has 1 fully saturated rings. The van der Waals surface area contributed by atoms with Gasteiger partial charge in [-0.05, 0) is 54.9 Å². The molecule has 0 unspecified atom stereocenters. The molecular weight excluding hydrogens is 432 g/mol. The Balaban J connectivity index is 1.41. The Morgan fingerprint density at radius 2 is 2.00 bits per heavy atom. The number of aromatic amines is 2. The van der Waals surface area contributed by atoms with E-state index in [1.54, 1.807) is 30.3 Å². The third kappa shape index (κ3) is 3.93. The first kappa shape index (κ1) is 20.2. The number of anilines is 2. The summed E-state index contributed by atoms with van der Waals surface area (Å²) in [6.45, 7) is 0.839. The van der Waals surface area contributed by atoms with E-state index in [9.17, 15) is 9.59 Å². The lowest BCUT2D eigenvalue weighted by Crippen LogP contribution is -2.35. The van der Waals surface area contributed by atoms with Gasteiger partial charge < -0.3 is 20.9 Å². The molecule has 1 aliphatic rings. The normalized spacial score (nSPS) is 15.7. The number of hydrogen-bond donors (Lipinski definition) is 5. The Labute approximate surface area is 187 Å². The average Bonchev–Trinajstić information content (AvgIpc) is 3.56. The number of fused-ring (bicyclic) bond motifs is 1. The third-order valence-electron chi connectivity index (χ3n) is 5.35. The number of benzene rings is 2. The van der Waals surface area contributed by atoms with E-state index in [0.29, 0.717) is 39.0 Å². The zero-order chi connectivity index (χ0) is 22.1. The highest BCUT2D eigenvalue weighted by Gasteiger charge is 2.23. The number of rotatable bonds is 5. The molecule has 2 aromatic heterocycles. The first-order chi connectivity index (χ1) is 15.6. The van der Waals surface area contributed by atoms with Crippen molar-refractivity contribution in [2.24, 2.45) is 0 Å². The molecule has 0 saturated carbocycles. The van der Waals surface area contributed by atoms with Gasteiger partial charge in [-0.3, -0.25) is 9.59 Å². The van der Waals surface area contributed by atoms with E-state index in [4.69, 9.17) is 11.6 Å². The van der Waals surface area contributed by atoms with E-state index in [1.165, 1.54) is 0 Å². The Bertz CT molecular complexity index is 1290. The number of carbonyl (C=O) groups is 2. The van der Waals surface area contributed by atoms with Gasteiger partial charge in [-0.1, -0.05) is 23.7 Å². The molecule has 3 heterocycles. The first-order valence-electron chi connectivity index (χ1n) is 10.1.